The summed E-state index contributed by atoms with van der Waals surface area (Å²) in [6, 6.07) is 3.93. The predicted octanol–water partition coefficient (Wildman–Crippen LogP) is 2.78. The number of aliphatic hydroxyl groups is 1. The number of aromatic nitrogens is 2. The number of hydrogen-bond donors (Lipinski definition) is 1. The van der Waals surface area contributed by atoms with Crippen LogP contribution in [0.15, 0.2) is 30.7 Å². The van der Waals surface area contributed by atoms with E-state index in [1.165, 1.54) is 18.2 Å². The number of rotatable bonds is 3. The van der Waals surface area contributed by atoms with Gasteiger partial charge in [-0.15, -0.1) is 0 Å². The molecule has 1 aromatic carbocycles. The highest BCUT2D eigenvalue weighted by molar-refractivity contribution is 6.31. The minimum Gasteiger partial charge on any atom is -0.382 e. The fraction of sp³-hybridized carbons (Fsp3) is 0.250. The summed E-state index contributed by atoms with van der Waals surface area (Å²) >= 11 is 5.95. The summed E-state index contributed by atoms with van der Waals surface area (Å²) in [6.45, 7) is 2.62. The molecule has 0 fully saturated rings. The van der Waals surface area contributed by atoms with Gasteiger partial charge in [0.05, 0.1) is 18.2 Å². The van der Waals surface area contributed by atoms with Crippen molar-refractivity contribution in [2.24, 2.45) is 0 Å². The molecule has 0 saturated heterocycles. The van der Waals surface area contributed by atoms with Crippen LogP contribution in [0.2, 0.25) is 5.02 Å². The van der Waals surface area contributed by atoms with Gasteiger partial charge in [0, 0.05) is 17.1 Å². The van der Waals surface area contributed by atoms with Gasteiger partial charge in [0.15, 0.2) is 0 Å². The van der Waals surface area contributed by atoms with Gasteiger partial charge in [-0.2, -0.15) is 0 Å². The second-order valence-corrected chi connectivity index (χ2v) is 4.08. The van der Waals surface area contributed by atoms with Crippen LogP contribution < -0.4 is 0 Å². The third-order valence-corrected chi connectivity index (χ3v) is 2.96. The summed E-state index contributed by atoms with van der Waals surface area (Å²) < 4.78 is 14.9. The molecule has 0 saturated carbocycles. The lowest BCUT2D eigenvalue weighted by molar-refractivity contribution is 0.210. The van der Waals surface area contributed by atoms with Crippen molar-refractivity contribution in [3.05, 3.63) is 52.8 Å². The summed E-state index contributed by atoms with van der Waals surface area (Å²) in [5.41, 5.74) is 0.946. The summed E-state index contributed by atoms with van der Waals surface area (Å²) in [6.07, 6.45) is 2.20. The minimum absolute atomic E-state index is 0.336. The molecule has 1 heterocycles. The van der Waals surface area contributed by atoms with E-state index in [4.69, 9.17) is 11.6 Å². The van der Waals surface area contributed by atoms with Gasteiger partial charge < -0.3 is 9.67 Å². The maximum Gasteiger partial charge on any atom is 0.123 e. The number of benzene rings is 1. The quantitative estimate of drug-likeness (QED) is 0.915. The van der Waals surface area contributed by atoms with Crippen LogP contribution in [0.3, 0.4) is 0 Å². The van der Waals surface area contributed by atoms with Gasteiger partial charge >= 0.3 is 0 Å². The fourth-order valence-electron chi connectivity index (χ4n) is 1.71. The molecule has 90 valence electrons. The molecule has 0 bridgehead atoms. The van der Waals surface area contributed by atoms with Crippen molar-refractivity contribution in [1.29, 1.82) is 0 Å². The molecule has 5 heteroatoms. The molecule has 1 unspecified atom stereocenters. The van der Waals surface area contributed by atoms with Gasteiger partial charge in [0.25, 0.3) is 0 Å². The van der Waals surface area contributed by atoms with Gasteiger partial charge in [-0.3, -0.25) is 0 Å². The third kappa shape index (κ3) is 2.33. The number of aliphatic hydroxyl groups excluding tert-OH is 1. The SMILES string of the molecule is CCn1cncc1C(O)c1cc(F)ccc1Cl. The molecule has 1 aromatic heterocycles. The second kappa shape index (κ2) is 4.85. The standard InChI is InChI=1S/C12H12ClFN2O/c1-2-16-7-15-6-11(16)12(17)9-5-8(14)3-4-10(9)13/h3-7,12,17H,2H2,1H3. The van der Waals surface area contributed by atoms with E-state index in [1.807, 2.05) is 6.92 Å². The van der Waals surface area contributed by atoms with Crippen molar-refractivity contribution >= 4 is 11.6 Å². The monoisotopic (exact) mass is 254 g/mol. The highest BCUT2D eigenvalue weighted by atomic mass is 35.5. The van der Waals surface area contributed by atoms with Crippen molar-refractivity contribution in [2.75, 3.05) is 0 Å². The van der Waals surface area contributed by atoms with Crippen LogP contribution >= 0.6 is 11.6 Å². The highest BCUT2D eigenvalue weighted by Gasteiger charge is 2.18. The molecule has 0 aliphatic heterocycles. The van der Waals surface area contributed by atoms with Crippen LogP contribution in [0.5, 0.6) is 0 Å². The first-order chi connectivity index (χ1) is 8.13. The molecule has 1 N–H and O–H groups in total. The smallest absolute Gasteiger partial charge is 0.123 e. The van der Waals surface area contributed by atoms with E-state index in [9.17, 15) is 9.50 Å². The molecular formula is C12H12ClFN2O. The Hall–Kier alpha value is -1.39. The molecule has 2 rings (SSSR count). The Labute approximate surface area is 103 Å². The summed E-state index contributed by atoms with van der Waals surface area (Å²) in [5, 5.41) is 10.5. The lowest BCUT2D eigenvalue weighted by atomic mass is 10.1. The largest absolute Gasteiger partial charge is 0.382 e. The van der Waals surface area contributed by atoms with E-state index in [1.54, 1.807) is 17.1 Å². The van der Waals surface area contributed by atoms with E-state index < -0.39 is 11.9 Å². The minimum atomic E-state index is -0.972. The number of aryl methyl sites for hydroxylation is 1. The molecule has 0 spiro atoms. The van der Waals surface area contributed by atoms with E-state index >= 15 is 0 Å². The van der Waals surface area contributed by atoms with Gasteiger partial charge in [-0.05, 0) is 25.1 Å². The molecule has 3 nitrogen and oxygen atoms in total. The zero-order chi connectivity index (χ0) is 12.4. The zero-order valence-corrected chi connectivity index (χ0v) is 10.0. The van der Waals surface area contributed by atoms with Gasteiger partial charge in [0.1, 0.15) is 11.9 Å². The molecular weight excluding hydrogens is 243 g/mol. The highest BCUT2D eigenvalue weighted by Crippen LogP contribution is 2.28. The van der Waals surface area contributed by atoms with Crippen molar-refractivity contribution in [3.63, 3.8) is 0 Å². The average Bonchev–Trinajstić information content (AvgIpc) is 2.79. The summed E-state index contributed by atoms with van der Waals surface area (Å²) in [4.78, 5) is 3.96. The summed E-state index contributed by atoms with van der Waals surface area (Å²) in [5.74, 6) is -0.425. The number of nitrogens with zero attached hydrogens (tertiary/aromatic N) is 2. The topological polar surface area (TPSA) is 38.0 Å². The van der Waals surface area contributed by atoms with Crippen molar-refractivity contribution < 1.29 is 9.50 Å². The maximum absolute atomic E-state index is 13.1. The Kier molecular flexibility index (Phi) is 3.45. The first-order valence-corrected chi connectivity index (χ1v) is 5.64. The van der Waals surface area contributed by atoms with Gasteiger partial charge in [-0.1, -0.05) is 11.6 Å². The third-order valence-electron chi connectivity index (χ3n) is 2.62. The zero-order valence-electron chi connectivity index (χ0n) is 9.27. The Balaban J connectivity index is 2.43. The summed E-state index contributed by atoms with van der Waals surface area (Å²) in [7, 11) is 0. The van der Waals surface area contributed by atoms with Gasteiger partial charge in [0.2, 0.25) is 0 Å². The average molecular weight is 255 g/mol. The van der Waals surface area contributed by atoms with Gasteiger partial charge in [-0.25, -0.2) is 9.37 Å². The van der Waals surface area contributed by atoms with E-state index in [0.717, 1.165) is 0 Å². The van der Waals surface area contributed by atoms with Crippen LogP contribution in [0, 0.1) is 5.82 Å². The van der Waals surface area contributed by atoms with E-state index in [2.05, 4.69) is 4.98 Å². The molecule has 17 heavy (non-hydrogen) atoms. The Morgan fingerprint density at radius 3 is 3.00 bits per heavy atom. The van der Waals surface area contributed by atoms with Crippen molar-refractivity contribution in [3.8, 4) is 0 Å². The van der Waals surface area contributed by atoms with Crippen molar-refractivity contribution in [2.45, 2.75) is 19.6 Å². The lowest BCUT2D eigenvalue weighted by Gasteiger charge is -2.14. The first kappa shape index (κ1) is 12.1. The van der Waals surface area contributed by atoms with Crippen LogP contribution in [-0.2, 0) is 6.54 Å². The van der Waals surface area contributed by atoms with Crippen LogP contribution in [0.4, 0.5) is 4.39 Å². The van der Waals surface area contributed by atoms with E-state index in [0.29, 0.717) is 22.8 Å². The molecule has 1 atom stereocenters. The number of halogens is 2. The second-order valence-electron chi connectivity index (χ2n) is 3.67. The Morgan fingerprint density at radius 1 is 1.53 bits per heavy atom. The Bertz CT molecular complexity index is 527. The predicted molar refractivity (Wildman–Crippen MR) is 63.4 cm³/mol. The Morgan fingerprint density at radius 2 is 2.29 bits per heavy atom. The maximum atomic E-state index is 13.1. The number of imidazole rings is 1. The molecule has 0 amide bonds. The van der Waals surface area contributed by atoms with Crippen LogP contribution in [0.1, 0.15) is 24.3 Å². The first-order valence-electron chi connectivity index (χ1n) is 5.26. The van der Waals surface area contributed by atoms with Crippen molar-refractivity contribution in [1.82, 2.24) is 9.55 Å². The molecule has 2 aromatic rings. The molecule has 0 radical (unpaired) electrons. The number of hydrogen-bond acceptors (Lipinski definition) is 2. The lowest BCUT2D eigenvalue weighted by Crippen LogP contribution is -2.08. The van der Waals surface area contributed by atoms with Crippen LogP contribution in [-0.4, -0.2) is 14.7 Å². The van der Waals surface area contributed by atoms with E-state index in [-0.39, 0.29) is 0 Å². The van der Waals surface area contributed by atoms with Crippen LogP contribution in [0.25, 0.3) is 0 Å². The molecule has 0 aliphatic carbocycles. The fourth-order valence-corrected chi connectivity index (χ4v) is 1.93. The molecule has 0 aliphatic rings. The normalized spacial score (nSPS) is 12.7.